The Balaban J connectivity index is 1.97. The second kappa shape index (κ2) is 8.01. The molecule has 2 nitrogen and oxygen atoms in total. The summed E-state index contributed by atoms with van der Waals surface area (Å²) in [5, 5.41) is 0. The minimum Gasteiger partial charge on any atom is -0.524 e. The van der Waals surface area contributed by atoms with E-state index in [1.54, 1.807) is 0 Å². The van der Waals surface area contributed by atoms with Crippen LogP contribution in [-0.2, 0) is 8.85 Å². The van der Waals surface area contributed by atoms with Crippen molar-refractivity contribution in [3.63, 3.8) is 0 Å². The van der Waals surface area contributed by atoms with Crippen LogP contribution in [0.2, 0.25) is 0 Å². The van der Waals surface area contributed by atoms with Crippen LogP contribution >= 0.6 is 0 Å². The first-order valence-electron chi connectivity index (χ1n) is 8.39. The molecule has 0 spiro atoms. The summed E-state index contributed by atoms with van der Waals surface area (Å²) < 4.78 is 11.8. The molecule has 1 atom stereocenters. The van der Waals surface area contributed by atoms with E-state index in [4.69, 9.17) is 8.85 Å². The lowest BCUT2D eigenvalue weighted by molar-refractivity contribution is 0.0811. The fraction of sp³-hybridized carbons (Fsp3) is 0.824. The lowest BCUT2D eigenvalue weighted by Gasteiger charge is -2.38. The van der Waals surface area contributed by atoms with Gasteiger partial charge in [0.2, 0.25) is 0 Å². The molecule has 0 bridgehead atoms. The zero-order valence-corrected chi connectivity index (χ0v) is 14.0. The van der Waals surface area contributed by atoms with Crippen LogP contribution in [0.15, 0.2) is 12.2 Å². The number of hydrogen-bond donors (Lipinski definition) is 0. The van der Waals surface area contributed by atoms with Gasteiger partial charge in [0.1, 0.15) is 6.10 Å². The molecule has 2 aliphatic carbocycles. The fourth-order valence-corrected chi connectivity index (χ4v) is 4.45. The quantitative estimate of drug-likeness (QED) is 0.397. The van der Waals surface area contributed by atoms with Crippen molar-refractivity contribution in [2.24, 2.45) is 11.8 Å². The van der Waals surface area contributed by atoms with Crippen molar-refractivity contribution in [3.8, 4) is 0 Å². The minimum atomic E-state index is -1.36. The number of rotatable bonds is 7. The Morgan fingerprint density at radius 3 is 2.25 bits per heavy atom. The van der Waals surface area contributed by atoms with Crippen molar-refractivity contribution in [2.75, 3.05) is 6.61 Å². The van der Waals surface area contributed by atoms with E-state index in [-0.39, 0.29) is 6.10 Å². The standard InChI is InChI=1S/C17H30O2Si/c1-4-18-20(3)19-17(16-12-9-13-16)14(2)15-10-7-5-6-8-11-15/h15-17H,2-13H2,1H3. The molecule has 0 aromatic heterocycles. The molecular formula is C17H30O2Si. The molecule has 0 radical (unpaired) electrons. The van der Waals surface area contributed by atoms with Crippen LogP contribution < -0.4 is 0 Å². The van der Waals surface area contributed by atoms with Gasteiger partial charge in [0.05, 0.1) is 6.61 Å². The normalized spacial score (nSPS) is 22.4. The maximum atomic E-state index is 6.22. The lowest BCUT2D eigenvalue weighted by atomic mass is 9.75. The second-order valence-corrected chi connectivity index (χ2v) is 7.57. The van der Waals surface area contributed by atoms with Crippen molar-refractivity contribution >= 4 is 15.1 Å². The van der Waals surface area contributed by atoms with Crippen molar-refractivity contribution in [1.29, 1.82) is 0 Å². The second-order valence-electron chi connectivity index (χ2n) is 6.30. The summed E-state index contributed by atoms with van der Waals surface area (Å²) >= 11 is 0. The van der Waals surface area contributed by atoms with E-state index in [1.807, 2.05) is 6.92 Å². The van der Waals surface area contributed by atoms with Crippen molar-refractivity contribution in [3.05, 3.63) is 12.2 Å². The van der Waals surface area contributed by atoms with Gasteiger partial charge in [-0.3, -0.25) is 0 Å². The van der Waals surface area contributed by atoms with Crippen LogP contribution in [0.5, 0.6) is 0 Å². The van der Waals surface area contributed by atoms with E-state index >= 15 is 0 Å². The molecule has 0 heterocycles. The molecule has 0 saturated heterocycles. The van der Waals surface area contributed by atoms with Gasteiger partial charge < -0.3 is 8.85 Å². The predicted molar refractivity (Wildman–Crippen MR) is 87.0 cm³/mol. The third-order valence-electron chi connectivity index (χ3n) is 4.89. The first-order valence-corrected chi connectivity index (χ1v) is 9.91. The SMILES string of the molecule is C=C(C1CCCCCC1)C(O[Si](=C)OCC)C1CCC1. The Morgan fingerprint density at radius 2 is 1.75 bits per heavy atom. The highest BCUT2D eigenvalue weighted by Crippen LogP contribution is 2.39. The van der Waals surface area contributed by atoms with E-state index in [0.717, 1.165) is 0 Å². The first-order chi connectivity index (χ1) is 9.72. The molecule has 0 aromatic carbocycles. The molecule has 0 N–H and O–H groups in total. The van der Waals surface area contributed by atoms with E-state index in [0.29, 0.717) is 18.4 Å². The van der Waals surface area contributed by atoms with Crippen molar-refractivity contribution < 1.29 is 8.85 Å². The van der Waals surface area contributed by atoms with Crippen LogP contribution in [0.3, 0.4) is 0 Å². The molecule has 1 unspecified atom stereocenters. The van der Waals surface area contributed by atoms with Gasteiger partial charge in [-0.05, 0) is 56.2 Å². The molecule has 2 saturated carbocycles. The van der Waals surface area contributed by atoms with Crippen LogP contribution in [0.25, 0.3) is 0 Å². The molecule has 2 rings (SSSR count). The van der Waals surface area contributed by atoms with Gasteiger partial charge in [0.25, 0.3) is 0 Å². The molecular weight excluding hydrogens is 264 g/mol. The largest absolute Gasteiger partial charge is 0.524 e. The van der Waals surface area contributed by atoms with Crippen LogP contribution in [0, 0.1) is 11.8 Å². The Labute approximate surface area is 126 Å². The lowest BCUT2D eigenvalue weighted by Crippen LogP contribution is -2.36. The minimum absolute atomic E-state index is 0.213. The van der Waals surface area contributed by atoms with Gasteiger partial charge in [-0.2, -0.15) is 0 Å². The Kier molecular flexibility index (Phi) is 6.33. The van der Waals surface area contributed by atoms with Crippen molar-refractivity contribution in [2.45, 2.75) is 70.8 Å². The summed E-state index contributed by atoms with van der Waals surface area (Å²) in [4.78, 5) is 0. The zero-order valence-electron chi connectivity index (χ0n) is 13.0. The van der Waals surface area contributed by atoms with E-state index in [9.17, 15) is 0 Å². The Bertz CT molecular complexity index is 328. The van der Waals surface area contributed by atoms with E-state index < -0.39 is 8.90 Å². The fourth-order valence-electron chi connectivity index (χ4n) is 3.44. The monoisotopic (exact) mass is 294 g/mol. The van der Waals surface area contributed by atoms with Crippen LogP contribution in [-0.4, -0.2) is 27.8 Å². The predicted octanol–water partition coefficient (Wildman–Crippen LogP) is 4.24. The highest BCUT2D eigenvalue weighted by Gasteiger charge is 2.34. The summed E-state index contributed by atoms with van der Waals surface area (Å²) in [6, 6.07) is 0. The summed E-state index contributed by atoms with van der Waals surface area (Å²) in [6.45, 7) is 7.16. The summed E-state index contributed by atoms with van der Waals surface area (Å²) in [7, 11) is -1.36. The third-order valence-corrected chi connectivity index (χ3v) is 6.01. The topological polar surface area (TPSA) is 18.5 Å². The molecule has 114 valence electrons. The molecule has 20 heavy (non-hydrogen) atoms. The van der Waals surface area contributed by atoms with Gasteiger partial charge >= 0.3 is 8.90 Å². The highest BCUT2D eigenvalue weighted by atomic mass is 28.3. The summed E-state index contributed by atoms with van der Waals surface area (Å²) in [6.07, 6.45) is 16.3. The molecule has 2 fully saturated rings. The number of hydrogen-bond acceptors (Lipinski definition) is 2. The van der Waals surface area contributed by atoms with Gasteiger partial charge in [0, 0.05) is 0 Å². The Morgan fingerprint density at radius 1 is 1.10 bits per heavy atom. The maximum Gasteiger partial charge on any atom is 0.472 e. The summed E-state index contributed by atoms with van der Waals surface area (Å²) in [5.74, 6) is 1.34. The molecule has 0 aromatic rings. The Hall–Kier alpha value is -0.573. The summed E-state index contributed by atoms with van der Waals surface area (Å²) in [5.41, 5.74) is 1.35. The molecule has 0 aliphatic heterocycles. The molecule has 3 heteroatoms. The maximum absolute atomic E-state index is 6.22. The third kappa shape index (κ3) is 4.21. The van der Waals surface area contributed by atoms with Crippen LogP contribution in [0.4, 0.5) is 0 Å². The average molecular weight is 295 g/mol. The average Bonchev–Trinajstić information content (AvgIpc) is 2.64. The van der Waals surface area contributed by atoms with E-state index in [2.05, 4.69) is 12.8 Å². The first kappa shape index (κ1) is 15.8. The van der Waals surface area contributed by atoms with Gasteiger partial charge in [-0.15, -0.1) is 0 Å². The molecule has 2 aliphatic rings. The van der Waals surface area contributed by atoms with Gasteiger partial charge in [-0.1, -0.05) is 38.7 Å². The van der Waals surface area contributed by atoms with Crippen molar-refractivity contribution in [1.82, 2.24) is 0 Å². The smallest absolute Gasteiger partial charge is 0.472 e. The van der Waals surface area contributed by atoms with Crippen LogP contribution in [0.1, 0.15) is 64.7 Å². The zero-order chi connectivity index (χ0) is 14.4. The highest BCUT2D eigenvalue weighted by molar-refractivity contribution is 6.49. The van der Waals surface area contributed by atoms with Gasteiger partial charge in [0.15, 0.2) is 0 Å². The van der Waals surface area contributed by atoms with Gasteiger partial charge in [-0.25, -0.2) is 0 Å². The van der Waals surface area contributed by atoms with E-state index in [1.165, 1.54) is 63.4 Å². The molecule has 0 amide bonds.